The van der Waals surface area contributed by atoms with Gasteiger partial charge in [0.2, 0.25) is 0 Å². The average Bonchev–Trinajstić information content (AvgIpc) is 3.18. The standard InChI is InChI=1S/C14H12FNO3S/c1-19-10-6-8(4-5-9(10)15)13-16-11(7-2-3-7)12(20-13)14(17)18/h4-7H,2-3H2,1H3,(H,17,18). The number of methoxy groups -OCH3 is 1. The van der Waals surface area contributed by atoms with E-state index < -0.39 is 11.8 Å². The van der Waals surface area contributed by atoms with Crippen LogP contribution in [0.1, 0.15) is 34.1 Å². The van der Waals surface area contributed by atoms with Crippen molar-refractivity contribution in [2.45, 2.75) is 18.8 Å². The van der Waals surface area contributed by atoms with E-state index >= 15 is 0 Å². The zero-order chi connectivity index (χ0) is 14.3. The first kappa shape index (κ1) is 13.1. The van der Waals surface area contributed by atoms with E-state index in [1.807, 2.05) is 0 Å². The van der Waals surface area contributed by atoms with Crippen molar-refractivity contribution >= 4 is 17.3 Å². The molecule has 0 amide bonds. The Kier molecular flexibility index (Phi) is 3.17. The Morgan fingerprint density at radius 3 is 2.85 bits per heavy atom. The van der Waals surface area contributed by atoms with E-state index in [0.29, 0.717) is 16.3 Å². The molecule has 6 heteroatoms. The van der Waals surface area contributed by atoms with E-state index in [4.69, 9.17) is 4.74 Å². The van der Waals surface area contributed by atoms with Gasteiger partial charge in [0.15, 0.2) is 11.6 Å². The first-order chi connectivity index (χ1) is 9.60. The molecule has 3 rings (SSSR count). The summed E-state index contributed by atoms with van der Waals surface area (Å²) in [7, 11) is 1.39. The van der Waals surface area contributed by atoms with Crippen molar-refractivity contribution in [3.8, 4) is 16.3 Å². The monoisotopic (exact) mass is 293 g/mol. The van der Waals surface area contributed by atoms with Gasteiger partial charge >= 0.3 is 5.97 Å². The highest BCUT2D eigenvalue weighted by Gasteiger charge is 2.32. The number of rotatable bonds is 4. The first-order valence-electron chi connectivity index (χ1n) is 6.18. The average molecular weight is 293 g/mol. The van der Waals surface area contributed by atoms with Crippen LogP contribution in [0.4, 0.5) is 4.39 Å². The second-order valence-electron chi connectivity index (χ2n) is 4.66. The van der Waals surface area contributed by atoms with Crippen LogP contribution in [0, 0.1) is 5.82 Å². The summed E-state index contributed by atoms with van der Waals surface area (Å²) < 4.78 is 18.3. The summed E-state index contributed by atoms with van der Waals surface area (Å²) in [5, 5.41) is 9.82. The van der Waals surface area contributed by atoms with Crippen LogP contribution in [-0.2, 0) is 0 Å². The van der Waals surface area contributed by atoms with Gasteiger partial charge < -0.3 is 9.84 Å². The molecule has 4 nitrogen and oxygen atoms in total. The summed E-state index contributed by atoms with van der Waals surface area (Å²) in [5.74, 6) is -1.02. The van der Waals surface area contributed by atoms with Crippen LogP contribution < -0.4 is 4.74 Å². The second kappa shape index (κ2) is 4.86. The Balaban J connectivity index is 2.06. The zero-order valence-corrected chi connectivity index (χ0v) is 11.5. The third-order valence-electron chi connectivity index (χ3n) is 3.21. The Bertz CT molecular complexity index is 679. The molecule has 0 saturated heterocycles. The molecular formula is C14H12FNO3S. The fourth-order valence-electron chi connectivity index (χ4n) is 2.03. The summed E-state index contributed by atoms with van der Waals surface area (Å²) in [5.41, 5.74) is 1.32. The Hall–Kier alpha value is -1.95. The molecule has 1 aromatic carbocycles. The molecule has 1 heterocycles. The van der Waals surface area contributed by atoms with E-state index in [1.165, 1.54) is 19.2 Å². The van der Waals surface area contributed by atoms with E-state index in [-0.39, 0.29) is 16.5 Å². The summed E-state index contributed by atoms with van der Waals surface area (Å²) in [6, 6.07) is 4.42. The molecule has 2 aromatic rings. The largest absolute Gasteiger partial charge is 0.494 e. The number of nitrogens with zero attached hydrogens (tertiary/aromatic N) is 1. The number of hydrogen-bond donors (Lipinski definition) is 1. The van der Waals surface area contributed by atoms with Crippen LogP contribution in [0.25, 0.3) is 10.6 Å². The van der Waals surface area contributed by atoms with Crippen molar-refractivity contribution < 1.29 is 19.0 Å². The molecule has 0 atom stereocenters. The highest BCUT2D eigenvalue weighted by molar-refractivity contribution is 7.17. The maximum absolute atomic E-state index is 13.4. The molecule has 1 aromatic heterocycles. The third kappa shape index (κ3) is 2.27. The molecule has 0 bridgehead atoms. The van der Waals surface area contributed by atoms with Crippen LogP contribution in [0.5, 0.6) is 5.75 Å². The molecule has 20 heavy (non-hydrogen) atoms. The minimum atomic E-state index is -0.954. The van der Waals surface area contributed by atoms with Gasteiger partial charge in [0, 0.05) is 11.5 Å². The summed E-state index contributed by atoms with van der Waals surface area (Å²) in [4.78, 5) is 16.0. The highest BCUT2D eigenvalue weighted by Crippen LogP contribution is 2.44. The lowest BCUT2D eigenvalue weighted by atomic mass is 10.2. The number of aromatic carboxylic acids is 1. The van der Waals surface area contributed by atoms with Crippen LogP contribution in [-0.4, -0.2) is 23.2 Å². The van der Waals surface area contributed by atoms with Crippen LogP contribution in [0.3, 0.4) is 0 Å². The first-order valence-corrected chi connectivity index (χ1v) is 6.99. The van der Waals surface area contributed by atoms with Gasteiger partial charge in [-0.25, -0.2) is 14.2 Å². The maximum Gasteiger partial charge on any atom is 0.347 e. The smallest absolute Gasteiger partial charge is 0.347 e. The normalized spacial score (nSPS) is 14.3. The van der Waals surface area contributed by atoms with Gasteiger partial charge in [-0.05, 0) is 31.0 Å². The van der Waals surface area contributed by atoms with E-state index in [2.05, 4.69) is 4.98 Å². The molecule has 1 aliphatic carbocycles. The summed E-state index contributed by atoms with van der Waals surface area (Å²) >= 11 is 1.13. The Labute approximate surface area is 118 Å². The van der Waals surface area contributed by atoms with Gasteiger partial charge in [-0.1, -0.05) is 0 Å². The molecule has 1 N–H and O–H groups in total. The topological polar surface area (TPSA) is 59.4 Å². The number of halogens is 1. The zero-order valence-electron chi connectivity index (χ0n) is 10.7. The molecule has 0 unspecified atom stereocenters. The molecular weight excluding hydrogens is 281 g/mol. The minimum Gasteiger partial charge on any atom is -0.494 e. The van der Waals surface area contributed by atoms with Gasteiger partial charge in [-0.2, -0.15) is 0 Å². The van der Waals surface area contributed by atoms with Gasteiger partial charge in [0.25, 0.3) is 0 Å². The van der Waals surface area contributed by atoms with E-state index in [0.717, 1.165) is 24.2 Å². The number of aromatic nitrogens is 1. The third-order valence-corrected chi connectivity index (χ3v) is 4.32. The second-order valence-corrected chi connectivity index (χ2v) is 5.66. The number of carboxylic acids is 1. The van der Waals surface area contributed by atoms with E-state index in [1.54, 1.807) is 6.07 Å². The quantitative estimate of drug-likeness (QED) is 0.936. The van der Waals surface area contributed by atoms with Gasteiger partial charge in [0.1, 0.15) is 9.88 Å². The number of thiazole rings is 1. The van der Waals surface area contributed by atoms with E-state index in [9.17, 15) is 14.3 Å². The predicted octanol–water partition coefficient (Wildman–Crippen LogP) is 3.53. The number of benzene rings is 1. The molecule has 1 fully saturated rings. The molecule has 0 spiro atoms. The number of hydrogen-bond acceptors (Lipinski definition) is 4. The lowest BCUT2D eigenvalue weighted by molar-refractivity contribution is 0.0700. The number of ether oxygens (including phenoxy) is 1. The van der Waals surface area contributed by atoms with Crippen molar-refractivity contribution in [1.82, 2.24) is 4.98 Å². The number of carboxylic acid groups (broad SMARTS) is 1. The lowest BCUT2D eigenvalue weighted by Crippen LogP contribution is -1.97. The Morgan fingerprint density at radius 1 is 1.50 bits per heavy atom. The fourth-order valence-corrected chi connectivity index (χ4v) is 3.02. The van der Waals surface area contributed by atoms with Crippen molar-refractivity contribution in [2.24, 2.45) is 0 Å². The molecule has 104 valence electrons. The van der Waals surface area contributed by atoms with Crippen molar-refractivity contribution in [3.63, 3.8) is 0 Å². The van der Waals surface area contributed by atoms with Gasteiger partial charge in [-0.15, -0.1) is 11.3 Å². The molecule has 1 saturated carbocycles. The van der Waals surface area contributed by atoms with Crippen LogP contribution in [0.2, 0.25) is 0 Å². The van der Waals surface area contributed by atoms with Crippen LogP contribution in [0.15, 0.2) is 18.2 Å². The lowest BCUT2D eigenvalue weighted by Gasteiger charge is -2.03. The molecule has 0 aliphatic heterocycles. The maximum atomic E-state index is 13.4. The van der Waals surface area contributed by atoms with Crippen molar-refractivity contribution in [3.05, 3.63) is 34.6 Å². The predicted molar refractivity (Wildman–Crippen MR) is 73.0 cm³/mol. The van der Waals surface area contributed by atoms with Crippen molar-refractivity contribution in [2.75, 3.05) is 7.11 Å². The summed E-state index contributed by atoms with van der Waals surface area (Å²) in [6.45, 7) is 0. The van der Waals surface area contributed by atoms with Gasteiger partial charge in [-0.3, -0.25) is 0 Å². The highest BCUT2D eigenvalue weighted by atomic mass is 32.1. The Morgan fingerprint density at radius 2 is 2.25 bits per heavy atom. The minimum absolute atomic E-state index is 0.127. The van der Waals surface area contributed by atoms with Gasteiger partial charge in [0.05, 0.1) is 12.8 Å². The van der Waals surface area contributed by atoms with Crippen molar-refractivity contribution in [1.29, 1.82) is 0 Å². The SMILES string of the molecule is COc1cc(-c2nc(C3CC3)c(C(=O)O)s2)ccc1F. The summed E-state index contributed by atoms with van der Waals surface area (Å²) in [6.07, 6.45) is 1.96. The fraction of sp³-hybridized carbons (Fsp3) is 0.286. The molecule has 1 aliphatic rings. The molecule has 0 radical (unpaired) electrons. The number of carbonyl (C=O) groups is 1. The van der Waals surface area contributed by atoms with Crippen LogP contribution >= 0.6 is 11.3 Å².